The Morgan fingerprint density at radius 3 is 2.35 bits per heavy atom. The van der Waals surface area contributed by atoms with Crippen molar-refractivity contribution in [1.29, 1.82) is 0 Å². The van der Waals surface area contributed by atoms with Crippen molar-refractivity contribution in [3.63, 3.8) is 0 Å². The molecule has 1 fully saturated rings. The number of ether oxygens (including phenoxy) is 2. The highest BCUT2D eigenvalue weighted by Gasteiger charge is 2.35. The average molecular weight is 668 g/mol. The van der Waals surface area contributed by atoms with E-state index >= 15 is 0 Å². The van der Waals surface area contributed by atoms with Crippen LogP contribution < -0.4 is 16.0 Å². The van der Waals surface area contributed by atoms with Crippen LogP contribution in [0.15, 0.2) is 42.5 Å². The molecule has 1 heterocycles. The van der Waals surface area contributed by atoms with Crippen molar-refractivity contribution in [3.05, 3.63) is 70.8 Å². The van der Waals surface area contributed by atoms with E-state index in [0.29, 0.717) is 51.3 Å². The van der Waals surface area contributed by atoms with E-state index in [4.69, 9.17) is 9.47 Å². The molecular formula is C33H47F2N3O7S. The highest BCUT2D eigenvalue weighted by atomic mass is 32.2. The average Bonchev–Trinajstić information content (AvgIpc) is 3.48. The molecule has 0 aliphatic carbocycles. The Labute approximate surface area is 270 Å². The number of sulfone groups is 1. The number of aryl methyl sites for hydroxylation is 1. The molecule has 256 valence electrons. The van der Waals surface area contributed by atoms with Crippen LogP contribution >= 0.6 is 0 Å². The Hall–Kier alpha value is -3.13. The van der Waals surface area contributed by atoms with Gasteiger partial charge in [-0.15, -0.1) is 0 Å². The fourth-order valence-corrected chi connectivity index (χ4v) is 7.67. The molecule has 0 unspecified atom stereocenters. The summed E-state index contributed by atoms with van der Waals surface area (Å²) in [5.41, 5.74) is 2.20. The molecule has 0 aromatic heterocycles. The summed E-state index contributed by atoms with van der Waals surface area (Å²) in [5.74, 6) is -3.22. The Bertz CT molecular complexity index is 1360. The van der Waals surface area contributed by atoms with Crippen LogP contribution in [0.3, 0.4) is 0 Å². The number of amides is 2. The Morgan fingerprint density at radius 2 is 1.74 bits per heavy atom. The molecule has 1 aliphatic rings. The number of carbonyl (C=O) groups excluding carboxylic acids is 2. The number of halogens is 2. The maximum absolute atomic E-state index is 14.1. The maximum Gasteiger partial charge on any atom is 0.408 e. The van der Waals surface area contributed by atoms with Crippen molar-refractivity contribution in [2.24, 2.45) is 0 Å². The van der Waals surface area contributed by atoms with Crippen LogP contribution in [-0.4, -0.2) is 80.6 Å². The molecule has 0 radical (unpaired) electrons. The van der Waals surface area contributed by atoms with E-state index < -0.39 is 68.8 Å². The number of aliphatic hydroxyl groups is 1. The zero-order chi connectivity index (χ0) is 33.7. The van der Waals surface area contributed by atoms with Crippen LogP contribution in [0.2, 0.25) is 0 Å². The van der Waals surface area contributed by atoms with E-state index in [-0.39, 0.29) is 25.1 Å². The van der Waals surface area contributed by atoms with Crippen molar-refractivity contribution >= 4 is 21.8 Å². The number of hydrogen-bond acceptors (Lipinski definition) is 8. The van der Waals surface area contributed by atoms with Crippen LogP contribution in [0.25, 0.3) is 0 Å². The van der Waals surface area contributed by atoms with E-state index in [9.17, 15) is 31.9 Å². The normalized spacial score (nSPS) is 17.0. The molecule has 10 nitrogen and oxygen atoms in total. The Kier molecular flexibility index (Phi) is 14.8. The highest BCUT2D eigenvalue weighted by Crippen LogP contribution is 2.18. The molecule has 4 atom stereocenters. The van der Waals surface area contributed by atoms with Crippen molar-refractivity contribution in [1.82, 2.24) is 16.0 Å². The standard InChI is InChI=1S/C33H47F2N3O7S/c1-4-7-28(8-5-2)46(42,43)21-30(38-33(41)45-27-11-12-44-20-27)32(40)37-29(16-24-14-25(34)17-26(35)15-24)31(39)19-36-18-23-10-6-9-22(3)13-23/h6,9-10,13-15,17,27-31,36,39H,4-5,7-8,11-12,16,18-21H2,1-3H3,(H,37,40)(H,38,41)/t27-,29-,30+,31+/m0/s1. The minimum absolute atomic E-state index is 0.00806. The molecule has 2 aromatic carbocycles. The SMILES string of the molecule is CCCC(CCC)S(=O)(=O)C[C@@H](NC(=O)O[C@H]1CCOC1)C(=O)N[C@@H](Cc1cc(F)cc(F)c1)[C@H](O)CNCc1cccc(C)c1. The lowest BCUT2D eigenvalue weighted by Crippen LogP contribution is -2.57. The number of rotatable bonds is 18. The van der Waals surface area contributed by atoms with Crippen LogP contribution in [0.5, 0.6) is 0 Å². The molecule has 13 heteroatoms. The van der Waals surface area contributed by atoms with Gasteiger partial charge in [-0.1, -0.05) is 56.5 Å². The van der Waals surface area contributed by atoms with Gasteiger partial charge in [0, 0.05) is 25.6 Å². The second-order valence-corrected chi connectivity index (χ2v) is 14.2. The largest absolute Gasteiger partial charge is 0.444 e. The third-order valence-electron chi connectivity index (χ3n) is 7.83. The van der Waals surface area contributed by atoms with Gasteiger partial charge in [-0.3, -0.25) is 4.79 Å². The fraction of sp³-hybridized carbons (Fsp3) is 0.576. The van der Waals surface area contributed by atoms with Gasteiger partial charge in [0.15, 0.2) is 9.84 Å². The summed E-state index contributed by atoms with van der Waals surface area (Å²) in [4.78, 5) is 26.6. The van der Waals surface area contributed by atoms with E-state index in [2.05, 4.69) is 16.0 Å². The van der Waals surface area contributed by atoms with Gasteiger partial charge < -0.3 is 30.5 Å². The van der Waals surface area contributed by atoms with Crippen molar-refractivity contribution in [3.8, 4) is 0 Å². The van der Waals surface area contributed by atoms with Gasteiger partial charge in [-0.05, 0) is 49.4 Å². The third-order valence-corrected chi connectivity index (χ3v) is 10.1. The topological polar surface area (TPSA) is 143 Å². The summed E-state index contributed by atoms with van der Waals surface area (Å²) >= 11 is 0. The summed E-state index contributed by atoms with van der Waals surface area (Å²) in [6.45, 7) is 6.69. The first-order valence-corrected chi connectivity index (χ1v) is 17.6. The smallest absolute Gasteiger partial charge is 0.408 e. The van der Waals surface area contributed by atoms with Crippen molar-refractivity contribution in [2.75, 3.05) is 25.5 Å². The molecule has 0 spiro atoms. The molecule has 0 saturated carbocycles. The first-order chi connectivity index (χ1) is 21.9. The van der Waals surface area contributed by atoms with Gasteiger partial charge in [0.1, 0.15) is 23.8 Å². The summed E-state index contributed by atoms with van der Waals surface area (Å²) in [6, 6.07) is 7.99. The Balaban J connectivity index is 1.83. The second kappa shape index (κ2) is 18.3. The van der Waals surface area contributed by atoms with Crippen LogP contribution in [0.1, 0.15) is 62.6 Å². The van der Waals surface area contributed by atoms with Gasteiger partial charge >= 0.3 is 6.09 Å². The third kappa shape index (κ3) is 12.2. The van der Waals surface area contributed by atoms with E-state index in [0.717, 1.165) is 23.3 Å². The summed E-state index contributed by atoms with van der Waals surface area (Å²) in [6.07, 6.45) is -0.453. The molecule has 2 amide bonds. The summed E-state index contributed by atoms with van der Waals surface area (Å²) in [7, 11) is -3.87. The first-order valence-electron chi connectivity index (χ1n) is 15.9. The van der Waals surface area contributed by atoms with Gasteiger partial charge in [0.05, 0.1) is 36.4 Å². The first kappa shape index (κ1) is 37.3. The van der Waals surface area contributed by atoms with E-state index in [1.54, 1.807) is 0 Å². The summed E-state index contributed by atoms with van der Waals surface area (Å²) in [5, 5.41) is 18.7. The van der Waals surface area contributed by atoms with Gasteiger partial charge in [0.25, 0.3) is 0 Å². The number of benzene rings is 2. The lowest BCUT2D eigenvalue weighted by Gasteiger charge is -2.28. The predicted octanol–water partition coefficient (Wildman–Crippen LogP) is 3.72. The highest BCUT2D eigenvalue weighted by molar-refractivity contribution is 7.92. The number of hydrogen-bond donors (Lipinski definition) is 4. The van der Waals surface area contributed by atoms with Crippen LogP contribution in [0, 0.1) is 18.6 Å². The molecule has 2 aromatic rings. The summed E-state index contributed by atoms with van der Waals surface area (Å²) < 4.78 is 65.7. The molecule has 0 bridgehead atoms. The monoisotopic (exact) mass is 667 g/mol. The molecule has 3 rings (SSSR count). The number of nitrogens with one attached hydrogen (secondary N) is 3. The number of carbonyl (C=O) groups is 2. The second-order valence-electron chi connectivity index (χ2n) is 11.9. The molecule has 1 saturated heterocycles. The zero-order valence-electron chi connectivity index (χ0n) is 26.8. The maximum atomic E-state index is 14.1. The number of alkyl carbamates (subject to hydrolysis) is 1. The minimum Gasteiger partial charge on any atom is -0.444 e. The van der Waals surface area contributed by atoms with Crippen molar-refractivity contribution < 1.29 is 41.4 Å². The lowest BCUT2D eigenvalue weighted by molar-refractivity contribution is -0.124. The quantitative estimate of drug-likeness (QED) is 0.189. The molecule has 1 aliphatic heterocycles. The van der Waals surface area contributed by atoms with E-state index in [1.165, 1.54) is 0 Å². The molecule has 46 heavy (non-hydrogen) atoms. The van der Waals surface area contributed by atoms with Crippen LogP contribution in [-0.2, 0) is 37.1 Å². The molecule has 4 N–H and O–H groups in total. The zero-order valence-corrected chi connectivity index (χ0v) is 27.6. The van der Waals surface area contributed by atoms with Gasteiger partial charge in [-0.25, -0.2) is 22.0 Å². The predicted molar refractivity (Wildman–Crippen MR) is 171 cm³/mol. The minimum atomic E-state index is -3.87. The van der Waals surface area contributed by atoms with Crippen molar-refractivity contribution in [2.45, 2.75) is 95.4 Å². The fourth-order valence-electron chi connectivity index (χ4n) is 5.51. The Morgan fingerprint density at radius 1 is 1.04 bits per heavy atom. The number of aliphatic hydroxyl groups excluding tert-OH is 1. The van der Waals surface area contributed by atoms with E-state index in [1.807, 2.05) is 45.0 Å². The van der Waals surface area contributed by atoms with Crippen LogP contribution in [0.4, 0.5) is 13.6 Å². The van der Waals surface area contributed by atoms with Gasteiger partial charge in [0.2, 0.25) is 5.91 Å². The lowest BCUT2D eigenvalue weighted by atomic mass is 10.00. The van der Waals surface area contributed by atoms with Gasteiger partial charge in [-0.2, -0.15) is 0 Å². The molecular weight excluding hydrogens is 620 g/mol.